The van der Waals surface area contributed by atoms with Crippen LogP contribution in [0.3, 0.4) is 0 Å². The quantitative estimate of drug-likeness (QED) is 0.469. The van der Waals surface area contributed by atoms with Crippen molar-refractivity contribution < 1.29 is 41.0 Å². The van der Waals surface area contributed by atoms with Gasteiger partial charge in [-0.25, -0.2) is 23.4 Å². The van der Waals surface area contributed by atoms with Crippen LogP contribution in [-0.2, 0) is 22.1 Å². The highest BCUT2D eigenvalue weighted by Gasteiger charge is 2.43. The Morgan fingerprint density at radius 1 is 1.00 bits per heavy atom. The third-order valence-electron chi connectivity index (χ3n) is 3.54. The molecule has 0 aromatic carbocycles. The molecule has 1 aromatic rings. The molecule has 0 aliphatic carbocycles. The van der Waals surface area contributed by atoms with E-state index in [1.807, 2.05) is 0 Å². The highest BCUT2D eigenvalue weighted by atomic mass is 19.4. The average Bonchev–Trinajstić information content (AvgIpc) is 2.57. The molecule has 0 bridgehead atoms. The number of carbonyl (C=O) groups excluding carboxylic acids is 2. The fourth-order valence-electron chi connectivity index (χ4n) is 2.48. The van der Waals surface area contributed by atoms with Crippen LogP contribution >= 0.6 is 0 Å². The molecule has 27 heavy (non-hydrogen) atoms. The van der Waals surface area contributed by atoms with Gasteiger partial charge in [-0.3, -0.25) is 0 Å². The molecule has 5 nitrogen and oxygen atoms in total. The molecule has 0 aliphatic heterocycles. The number of pyridine rings is 1. The van der Waals surface area contributed by atoms with Crippen molar-refractivity contribution in [2.24, 2.45) is 0 Å². The van der Waals surface area contributed by atoms with Crippen LogP contribution < -0.4 is 0 Å². The molecule has 0 spiro atoms. The van der Waals surface area contributed by atoms with Gasteiger partial charge in [0.1, 0.15) is 5.69 Å². The topological polar surface area (TPSA) is 65.5 Å². The van der Waals surface area contributed by atoms with E-state index in [-0.39, 0.29) is 26.1 Å². The van der Waals surface area contributed by atoms with Crippen molar-refractivity contribution in [3.8, 4) is 0 Å². The van der Waals surface area contributed by atoms with Crippen LogP contribution in [0.5, 0.6) is 0 Å². The first-order valence-electron chi connectivity index (χ1n) is 8.36. The first kappa shape index (κ1) is 22.8. The van der Waals surface area contributed by atoms with E-state index in [1.54, 1.807) is 6.92 Å². The Morgan fingerprint density at radius 2 is 1.52 bits per heavy atom. The molecule has 152 valence electrons. The molecule has 0 saturated heterocycles. The summed E-state index contributed by atoms with van der Waals surface area (Å²) in [5, 5.41) is 0. The summed E-state index contributed by atoms with van der Waals surface area (Å²) in [4.78, 5) is 27.4. The second-order valence-electron chi connectivity index (χ2n) is 5.42. The minimum absolute atomic E-state index is 0.190. The zero-order valence-electron chi connectivity index (χ0n) is 15.1. The van der Waals surface area contributed by atoms with E-state index in [4.69, 9.17) is 4.74 Å². The number of hydrogen-bond acceptors (Lipinski definition) is 5. The third kappa shape index (κ3) is 5.36. The number of unbranched alkanes of at least 4 members (excludes halogenated alkanes) is 1. The molecule has 1 heterocycles. The standard InChI is InChI=1S/C17H20F5NO4/c1-4-7-8-9-10(15(24)26-5-2)12(14(18)19)23-13(17(20,21)22)11(9)16(25)27-6-3/h14H,4-8H2,1-3H3. The number of nitrogens with zero attached hydrogens (tertiary/aromatic N) is 1. The number of esters is 2. The predicted octanol–water partition coefficient (Wildman–Crippen LogP) is 4.73. The minimum Gasteiger partial charge on any atom is -0.462 e. The van der Waals surface area contributed by atoms with Crippen molar-refractivity contribution in [1.29, 1.82) is 0 Å². The minimum atomic E-state index is -5.19. The molecule has 0 fully saturated rings. The van der Waals surface area contributed by atoms with E-state index in [0.29, 0.717) is 6.42 Å². The van der Waals surface area contributed by atoms with E-state index in [0.717, 1.165) is 0 Å². The zero-order chi connectivity index (χ0) is 20.8. The summed E-state index contributed by atoms with van der Waals surface area (Å²) < 4.78 is 76.6. The van der Waals surface area contributed by atoms with E-state index in [1.165, 1.54) is 13.8 Å². The van der Waals surface area contributed by atoms with Crippen LogP contribution in [0.25, 0.3) is 0 Å². The maximum absolute atomic E-state index is 13.4. The normalized spacial score (nSPS) is 11.6. The average molecular weight is 397 g/mol. The molecule has 0 amide bonds. The summed E-state index contributed by atoms with van der Waals surface area (Å²) in [6.45, 7) is 4.08. The van der Waals surface area contributed by atoms with Crippen molar-refractivity contribution in [3.05, 3.63) is 28.1 Å². The number of ether oxygens (including phenoxy) is 2. The summed E-state index contributed by atoms with van der Waals surface area (Å²) >= 11 is 0. The maximum Gasteiger partial charge on any atom is 0.434 e. The third-order valence-corrected chi connectivity index (χ3v) is 3.54. The molecular formula is C17H20F5NO4. The smallest absolute Gasteiger partial charge is 0.434 e. The van der Waals surface area contributed by atoms with Crippen LogP contribution in [0.2, 0.25) is 0 Å². The van der Waals surface area contributed by atoms with Crippen LogP contribution in [0.15, 0.2) is 0 Å². The van der Waals surface area contributed by atoms with Crippen molar-refractivity contribution in [1.82, 2.24) is 4.98 Å². The molecule has 0 unspecified atom stereocenters. The molecule has 10 heteroatoms. The lowest BCUT2D eigenvalue weighted by atomic mass is 9.93. The first-order valence-corrected chi connectivity index (χ1v) is 8.36. The monoisotopic (exact) mass is 397 g/mol. The first-order chi connectivity index (χ1) is 12.6. The Bertz CT molecular complexity index is 689. The lowest BCUT2D eigenvalue weighted by Crippen LogP contribution is -2.25. The summed E-state index contributed by atoms with van der Waals surface area (Å²) in [6, 6.07) is 0. The second-order valence-corrected chi connectivity index (χ2v) is 5.42. The fraction of sp³-hybridized carbons (Fsp3) is 0.588. The number of carbonyl (C=O) groups is 2. The van der Waals surface area contributed by atoms with Gasteiger partial charge in [0.15, 0.2) is 5.69 Å². The highest BCUT2D eigenvalue weighted by molar-refractivity contribution is 5.99. The molecule has 0 atom stereocenters. The summed E-state index contributed by atoms with van der Waals surface area (Å²) in [5.74, 6) is -2.64. The lowest BCUT2D eigenvalue weighted by Gasteiger charge is -2.20. The summed E-state index contributed by atoms with van der Waals surface area (Å²) in [6.07, 6.45) is -8.15. The molecule has 1 aromatic heterocycles. The molecule has 0 saturated carbocycles. The predicted molar refractivity (Wildman–Crippen MR) is 84.7 cm³/mol. The van der Waals surface area contributed by atoms with Gasteiger partial charge in [0.25, 0.3) is 6.43 Å². The lowest BCUT2D eigenvalue weighted by molar-refractivity contribution is -0.142. The number of alkyl halides is 5. The molecule has 0 N–H and O–H groups in total. The van der Waals surface area contributed by atoms with Crippen LogP contribution in [0.4, 0.5) is 22.0 Å². The SMILES string of the molecule is CCCCc1c(C(=O)OCC)c(C(F)F)nc(C(F)(F)F)c1C(=O)OCC. The fourth-order valence-corrected chi connectivity index (χ4v) is 2.48. The van der Waals surface area contributed by atoms with Gasteiger partial charge in [0, 0.05) is 0 Å². The van der Waals surface area contributed by atoms with Gasteiger partial charge in [-0.1, -0.05) is 13.3 Å². The number of rotatable bonds is 8. The summed E-state index contributed by atoms with van der Waals surface area (Å²) in [5.41, 5.74) is -5.47. The van der Waals surface area contributed by atoms with Gasteiger partial charge in [-0.05, 0) is 32.3 Å². The van der Waals surface area contributed by atoms with Gasteiger partial charge in [-0.15, -0.1) is 0 Å². The van der Waals surface area contributed by atoms with Gasteiger partial charge < -0.3 is 9.47 Å². The van der Waals surface area contributed by atoms with Gasteiger partial charge in [0.05, 0.1) is 24.3 Å². The Kier molecular flexibility index (Phi) is 8.11. The van der Waals surface area contributed by atoms with Crippen LogP contribution in [0.1, 0.15) is 77.7 Å². The van der Waals surface area contributed by atoms with Gasteiger partial charge >= 0.3 is 18.1 Å². The Labute approximate surface area is 152 Å². The Morgan fingerprint density at radius 3 is 1.93 bits per heavy atom. The van der Waals surface area contributed by atoms with E-state index in [2.05, 4.69) is 9.72 Å². The van der Waals surface area contributed by atoms with Gasteiger partial charge in [-0.2, -0.15) is 13.2 Å². The molecule has 0 aliphatic rings. The van der Waals surface area contributed by atoms with Crippen molar-refractivity contribution in [2.45, 2.75) is 52.6 Å². The summed E-state index contributed by atoms with van der Waals surface area (Å²) in [7, 11) is 0. The van der Waals surface area contributed by atoms with E-state index < -0.39 is 52.6 Å². The molecule has 0 radical (unpaired) electrons. The van der Waals surface area contributed by atoms with Crippen molar-refractivity contribution in [2.75, 3.05) is 13.2 Å². The Hall–Kier alpha value is -2.26. The van der Waals surface area contributed by atoms with Crippen LogP contribution in [-0.4, -0.2) is 30.1 Å². The van der Waals surface area contributed by atoms with Crippen molar-refractivity contribution in [3.63, 3.8) is 0 Å². The van der Waals surface area contributed by atoms with E-state index >= 15 is 0 Å². The maximum atomic E-state index is 13.4. The van der Waals surface area contributed by atoms with Crippen LogP contribution in [0, 0.1) is 0 Å². The second kappa shape index (κ2) is 9.61. The zero-order valence-corrected chi connectivity index (χ0v) is 15.1. The molecule has 1 rings (SSSR count). The van der Waals surface area contributed by atoms with E-state index in [9.17, 15) is 31.5 Å². The highest BCUT2D eigenvalue weighted by Crippen LogP contribution is 2.37. The molecular weight excluding hydrogens is 377 g/mol. The largest absolute Gasteiger partial charge is 0.462 e. The van der Waals surface area contributed by atoms with Gasteiger partial charge in [0.2, 0.25) is 0 Å². The van der Waals surface area contributed by atoms with Crippen molar-refractivity contribution >= 4 is 11.9 Å². The number of hydrogen-bond donors (Lipinski definition) is 0. The number of halogens is 5. The number of aromatic nitrogens is 1. The Balaban J connectivity index is 3.95.